The van der Waals surface area contributed by atoms with E-state index in [0.717, 1.165) is 31.2 Å². The number of hydrogen-bond donors (Lipinski definition) is 2. The summed E-state index contributed by atoms with van der Waals surface area (Å²) in [5.74, 6) is -1.00. The summed E-state index contributed by atoms with van der Waals surface area (Å²) in [7, 11) is 0. The van der Waals surface area contributed by atoms with Gasteiger partial charge < -0.3 is 10.6 Å². The van der Waals surface area contributed by atoms with Gasteiger partial charge in [0.25, 0.3) is 0 Å². The highest BCUT2D eigenvalue weighted by Crippen LogP contribution is 2.15. The molecule has 24 heavy (non-hydrogen) atoms. The van der Waals surface area contributed by atoms with E-state index in [2.05, 4.69) is 17.6 Å². The van der Waals surface area contributed by atoms with Crippen molar-refractivity contribution in [1.82, 2.24) is 5.32 Å². The third-order valence-corrected chi connectivity index (χ3v) is 4.24. The Bertz CT molecular complexity index is 480. The van der Waals surface area contributed by atoms with E-state index in [0.29, 0.717) is 5.11 Å². The van der Waals surface area contributed by atoms with Gasteiger partial charge in [-0.3, -0.25) is 0 Å². The molecule has 0 bridgehead atoms. The number of anilines is 1. The second-order valence-electron chi connectivity index (χ2n) is 6.19. The average Bonchev–Trinajstić information content (AvgIpc) is 2.56. The lowest BCUT2D eigenvalue weighted by molar-refractivity contribution is 0.555. The number of unbranched alkanes of at least 4 members (excludes halogenated alkanes) is 9. The number of rotatable bonds is 12. The van der Waals surface area contributed by atoms with Crippen LogP contribution >= 0.6 is 12.2 Å². The van der Waals surface area contributed by atoms with E-state index in [4.69, 9.17) is 12.2 Å². The fraction of sp³-hybridized carbons (Fsp3) is 0.632. The molecule has 5 heteroatoms. The fourth-order valence-corrected chi connectivity index (χ4v) is 2.79. The van der Waals surface area contributed by atoms with Gasteiger partial charge in [0, 0.05) is 12.6 Å². The molecule has 1 rings (SSSR count). The van der Waals surface area contributed by atoms with Crippen molar-refractivity contribution in [3.63, 3.8) is 0 Å². The maximum Gasteiger partial charge on any atom is 0.170 e. The Morgan fingerprint density at radius 3 is 2.12 bits per heavy atom. The van der Waals surface area contributed by atoms with E-state index in [-0.39, 0.29) is 5.69 Å². The molecule has 0 atom stereocenters. The first-order valence-electron chi connectivity index (χ1n) is 9.13. The highest BCUT2D eigenvalue weighted by molar-refractivity contribution is 7.80. The smallest absolute Gasteiger partial charge is 0.170 e. The van der Waals surface area contributed by atoms with Gasteiger partial charge in [-0.25, -0.2) is 8.78 Å². The van der Waals surface area contributed by atoms with Crippen molar-refractivity contribution in [3.8, 4) is 0 Å². The Labute approximate surface area is 150 Å². The molecule has 0 amide bonds. The average molecular weight is 357 g/mol. The molecule has 0 saturated heterocycles. The van der Waals surface area contributed by atoms with Crippen LogP contribution in [0.15, 0.2) is 18.2 Å². The minimum atomic E-state index is -0.514. The summed E-state index contributed by atoms with van der Waals surface area (Å²) >= 11 is 5.10. The van der Waals surface area contributed by atoms with Gasteiger partial charge in [0.1, 0.15) is 11.6 Å². The van der Waals surface area contributed by atoms with Crippen molar-refractivity contribution in [2.75, 3.05) is 11.9 Å². The van der Waals surface area contributed by atoms with Crippen LogP contribution in [0.25, 0.3) is 0 Å². The van der Waals surface area contributed by atoms with Crippen LogP contribution < -0.4 is 10.6 Å². The molecule has 0 fully saturated rings. The normalized spacial score (nSPS) is 10.6. The Morgan fingerprint density at radius 2 is 1.50 bits per heavy atom. The first-order chi connectivity index (χ1) is 11.6. The zero-order valence-corrected chi connectivity index (χ0v) is 15.5. The van der Waals surface area contributed by atoms with Crippen LogP contribution in [0.1, 0.15) is 71.1 Å². The summed E-state index contributed by atoms with van der Waals surface area (Å²) in [4.78, 5) is 0. The van der Waals surface area contributed by atoms with Gasteiger partial charge in [-0.2, -0.15) is 0 Å². The van der Waals surface area contributed by atoms with Crippen LogP contribution in [-0.4, -0.2) is 11.7 Å². The molecule has 0 aliphatic rings. The summed E-state index contributed by atoms with van der Waals surface area (Å²) in [5.41, 5.74) is 0.0653. The van der Waals surface area contributed by atoms with Gasteiger partial charge in [0.15, 0.2) is 5.11 Å². The molecule has 2 N–H and O–H groups in total. The van der Waals surface area contributed by atoms with Crippen molar-refractivity contribution in [2.45, 2.75) is 71.1 Å². The largest absolute Gasteiger partial charge is 0.362 e. The van der Waals surface area contributed by atoms with Crippen LogP contribution in [-0.2, 0) is 0 Å². The minimum Gasteiger partial charge on any atom is -0.362 e. The zero-order valence-electron chi connectivity index (χ0n) is 14.7. The number of nitrogens with one attached hydrogen (secondary N) is 2. The lowest BCUT2D eigenvalue weighted by Crippen LogP contribution is -2.29. The molecule has 1 aromatic rings. The minimum absolute atomic E-state index is 0.0653. The monoisotopic (exact) mass is 356 g/mol. The first-order valence-corrected chi connectivity index (χ1v) is 9.54. The van der Waals surface area contributed by atoms with Crippen molar-refractivity contribution >= 4 is 23.0 Å². The number of benzene rings is 1. The molecule has 0 aliphatic carbocycles. The highest BCUT2D eigenvalue weighted by Gasteiger charge is 2.05. The van der Waals surface area contributed by atoms with E-state index < -0.39 is 11.6 Å². The molecule has 0 saturated carbocycles. The number of halogens is 2. The SMILES string of the molecule is CCCCCCCCCCCCNC(=S)Nc1cc(F)ccc1F. The molecule has 136 valence electrons. The molecule has 0 heterocycles. The van der Waals surface area contributed by atoms with E-state index in [9.17, 15) is 8.78 Å². The second kappa shape index (κ2) is 13.1. The van der Waals surface area contributed by atoms with Gasteiger partial charge >= 0.3 is 0 Å². The van der Waals surface area contributed by atoms with E-state index >= 15 is 0 Å². The molecular weight excluding hydrogens is 326 g/mol. The Hall–Kier alpha value is -1.23. The van der Waals surface area contributed by atoms with Crippen molar-refractivity contribution in [2.24, 2.45) is 0 Å². The summed E-state index contributed by atoms with van der Waals surface area (Å²) < 4.78 is 26.5. The fourth-order valence-electron chi connectivity index (χ4n) is 2.57. The van der Waals surface area contributed by atoms with Crippen LogP contribution in [0.3, 0.4) is 0 Å². The van der Waals surface area contributed by atoms with Gasteiger partial charge in [-0.1, -0.05) is 64.7 Å². The maximum atomic E-state index is 13.5. The summed E-state index contributed by atoms with van der Waals surface area (Å²) in [6, 6.07) is 3.27. The second-order valence-corrected chi connectivity index (χ2v) is 6.60. The van der Waals surface area contributed by atoms with Gasteiger partial charge in [0.05, 0.1) is 5.69 Å². The highest BCUT2D eigenvalue weighted by atomic mass is 32.1. The van der Waals surface area contributed by atoms with Crippen molar-refractivity contribution in [1.29, 1.82) is 0 Å². The van der Waals surface area contributed by atoms with Gasteiger partial charge in [0.2, 0.25) is 0 Å². The van der Waals surface area contributed by atoms with Crippen molar-refractivity contribution < 1.29 is 8.78 Å². The van der Waals surface area contributed by atoms with Crippen LogP contribution in [0, 0.1) is 11.6 Å². The molecule has 0 aliphatic heterocycles. The lowest BCUT2D eigenvalue weighted by atomic mass is 10.1. The van der Waals surface area contributed by atoms with Gasteiger partial charge in [-0.05, 0) is 30.8 Å². The molecule has 1 aromatic carbocycles. The molecule has 0 spiro atoms. The molecule has 0 radical (unpaired) electrons. The van der Waals surface area contributed by atoms with Crippen molar-refractivity contribution in [3.05, 3.63) is 29.8 Å². The van der Waals surface area contributed by atoms with E-state index in [1.165, 1.54) is 57.8 Å². The molecule has 0 aromatic heterocycles. The molecular formula is C19H30F2N2S. The lowest BCUT2D eigenvalue weighted by Gasteiger charge is -2.11. The summed E-state index contributed by atoms with van der Waals surface area (Å²) in [6.45, 7) is 2.99. The quantitative estimate of drug-likeness (QED) is 0.346. The van der Waals surface area contributed by atoms with Gasteiger partial charge in [-0.15, -0.1) is 0 Å². The Balaban J connectivity index is 1.99. The summed E-state index contributed by atoms with van der Waals surface area (Å²) in [6.07, 6.45) is 12.8. The molecule has 2 nitrogen and oxygen atoms in total. The predicted molar refractivity (Wildman–Crippen MR) is 102 cm³/mol. The maximum absolute atomic E-state index is 13.5. The third-order valence-electron chi connectivity index (χ3n) is 3.99. The standard InChI is InChI=1S/C19H30F2N2S/c1-2-3-4-5-6-7-8-9-10-11-14-22-19(24)23-18-15-16(20)12-13-17(18)21/h12-13,15H,2-11,14H2,1H3,(H2,22,23,24). The molecule has 0 unspecified atom stereocenters. The number of thiocarbonyl (C=S) groups is 1. The van der Waals surface area contributed by atoms with Crippen LogP contribution in [0.4, 0.5) is 14.5 Å². The van der Waals surface area contributed by atoms with E-state index in [1.807, 2.05) is 0 Å². The van der Waals surface area contributed by atoms with Crippen LogP contribution in [0.5, 0.6) is 0 Å². The van der Waals surface area contributed by atoms with E-state index in [1.54, 1.807) is 0 Å². The Morgan fingerprint density at radius 1 is 0.917 bits per heavy atom. The Kier molecular flexibility index (Phi) is 11.4. The predicted octanol–water partition coefficient (Wildman–Crippen LogP) is 6.17. The van der Waals surface area contributed by atoms with Crippen LogP contribution in [0.2, 0.25) is 0 Å². The third kappa shape index (κ3) is 9.81. The summed E-state index contributed by atoms with van der Waals surface area (Å²) in [5, 5.41) is 6.06. The number of hydrogen-bond acceptors (Lipinski definition) is 1. The topological polar surface area (TPSA) is 24.1 Å². The zero-order chi connectivity index (χ0) is 17.6. The first kappa shape index (κ1) is 20.8.